The van der Waals surface area contributed by atoms with E-state index in [9.17, 15) is 4.79 Å². The van der Waals surface area contributed by atoms with Crippen LogP contribution in [0, 0.1) is 5.41 Å². The Balaban J connectivity index is 1.54. The van der Waals surface area contributed by atoms with Crippen LogP contribution in [0.5, 0.6) is 0 Å². The third kappa shape index (κ3) is 2.41. The van der Waals surface area contributed by atoms with Crippen LogP contribution in [-0.4, -0.2) is 49.7 Å². The SMILES string of the molecule is O=C([C@@H]1CCC2(CCNCC2)CO1)N1CCCC1. The Morgan fingerprint density at radius 2 is 1.89 bits per heavy atom. The Labute approximate surface area is 109 Å². The number of ether oxygens (including phenoxy) is 1. The van der Waals surface area contributed by atoms with Crippen LogP contribution in [0.4, 0.5) is 0 Å². The number of nitrogens with zero attached hydrogens (tertiary/aromatic N) is 1. The van der Waals surface area contributed by atoms with Gasteiger partial charge < -0.3 is 15.0 Å². The molecule has 3 fully saturated rings. The molecule has 1 N–H and O–H groups in total. The molecule has 4 heteroatoms. The Kier molecular flexibility index (Phi) is 3.57. The van der Waals surface area contributed by atoms with Crippen LogP contribution < -0.4 is 5.32 Å². The molecule has 1 atom stereocenters. The largest absolute Gasteiger partial charge is 0.368 e. The Morgan fingerprint density at radius 3 is 2.50 bits per heavy atom. The minimum absolute atomic E-state index is 0.149. The minimum atomic E-state index is -0.149. The van der Waals surface area contributed by atoms with Gasteiger partial charge in [-0.25, -0.2) is 0 Å². The average Bonchev–Trinajstić information content (AvgIpc) is 2.94. The maximum atomic E-state index is 12.3. The molecule has 3 saturated heterocycles. The standard InChI is InChI=1S/C14H24N2O2/c17-13(16-9-1-2-10-16)12-3-4-14(11-18-12)5-7-15-8-6-14/h12,15H,1-11H2/t12-/m0/s1. The number of nitrogens with one attached hydrogen (secondary N) is 1. The second-order valence-corrected chi connectivity index (χ2v) is 6.12. The van der Waals surface area contributed by atoms with Crippen molar-refractivity contribution in [2.75, 3.05) is 32.8 Å². The molecule has 0 bridgehead atoms. The number of carbonyl (C=O) groups is 1. The van der Waals surface area contributed by atoms with E-state index < -0.39 is 0 Å². The predicted molar refractivity (Wildman–Crippen MR) is 69.3 cm³/mol. The molecule has 102 valence electrons. The molecule has 0 aliphatic carbocycles. The summed E-state index contributed by atoms with van der Waals surface area (Å²) in [6.45, 7) is 4.88. The van der Waals surface area contributed by atoms with E-state index in [-0.39, 0.29) is 12.0 Å². The third-order valence-electron chi connectivity index (χ3n) is 4.88. The Hall–Kier alpha value is -0.610. The predicted octanol–water partition coefficient (Wildman–Crippen LogP) is 1.16. The zero-order valence-electron chi connectivity index (χ0n) is 11.1. The first-order chi connectivity index (χ1) is 8.79. The fourth-order valence-electron chi connectivity index (χ4n) is 3.56. The first-order valence-electron chi connectivity index (χ1n) is 7.40. The van der Waals surface area contributed by atoms with Crippen LogP contribution in [-0.2, 0) is 9.53 Å². The van der Waals surface area contributed by atoms with Crippen LogP contribution in [0.3, 0.4) is 0 Å². The summed E-state index contributed by atoms with van der Waals surface area (Å²) in [5.74, 6) is 0.247. The highest BCUT2D eigenvalue weighted by atomic mass is 16.5. The Morgan fingerprint density at radius 1 is 1.17 bits per heavy atom. The third-order valence-corrected chi connectivity index (χ3v) is 4.88. The van der Waals surface area contributed by atoms with Gasteiger partial charge >= 0.3 is 0 Å². The van der Waals surface area contributed by atoms with Gasteiger partial charge in [-0.3, -0.25) is 4.79 Å². The first-order valence-corrected chi connectivity index (χ1v) is 7.40. The van der Waals surface area contributed by atoms with Crippen molar-refractivity contribution in [1.82, 2.24) is 10.2 Å². The maximum Gasteiger partial charge on any atom is 0.251 e. The minimum Gasteiger partial charge on any atom is -0.368 e. The zero-order chi connectivity index (χ0) is 12.4. The lowest BCUT2D eigenvalue weighted by atomic mass is 9.74. The van der Waals surface area contributed by atoms with Gasteiger partial charge in [-0.15, -0.1) is 0 Å². The van der Waals surface area contributed by atoms with E-state index in [4.69, 9.17) is 4.74 Å². The van der Waals surface area contributed by atoms with Gasteiger partial charge in [0.2, 0.25) is 0 Å². The Bertz CT molecular complexity index is 297. The molecule has 0 aromatic carbocycles. The number of carbonyl (C=O) groups excluding carboxylic acids is 1. The van der Waals surface area contributed by atoms with Crippen LogP contribution >= 0.6 is 0 Å². The van der Waals surface area contributed by atoms with E-state index in [1.807, 2.05) is 4.90 Å². The zero-order valence-corrected chi connectivity index (χ0v) is 11.1. The molecular weight excluding hydrogens is 228 g/mol. The molecule has 0 aromatic rings. The molecular formula is C14H24N2O2. The summed E-state index contributed by atoms with van der Waals surface area (Å²) in [5, 5.41) is 3.40. The number of likely N-dealkylation sites (tertiary alicyclic amines) is 1. The van der Waals surface area contributed by atoms with Crippen LogP contribution in [0.1, 0.15) is 38.5 Å². The van der Waals surface area contributed by atoms with Gasteiger partial charge in [0, 0.05) is 13.1 Å². The summed E-state index contributed by atoms with van der Waals surface area (Å²) in [5.41, 5.74) is 0.368. The second-order valence-electron chi connectivity index (χ2n) is 6.12. The van der Waals surface area contributed by atoms with E-state index in [1.54, 1.807) is 0 Å². The van der Waals surface area contributed by atoms with Crippen LogP contribution in [0.15, 0.2) is 0 Å². The molecule has 0 radical (unpaired) electrons. The summed E-state index contributed by atoms with van der Waals surface area (Å²) < 4.78 is 5.93. The lowest BCUT2D eigenvalue weighted by molar-refractivity contribution is -0.153. The molecule has 0 aromatic heterocycles. The van der Waals surface area contributed by atoms with E-state index in [0.29, 0.717) is 5.41 Å². The summed E-state index contributed by atoms with van der Waals surface area (Å²) in [7, 11) is 0. The number of amides is 1. The van der Waals surface area contributed by atoms with Crippen molar-refractivity contribution in [2.45, 2.75) is 44.6 Å². The highest BCUT2D eigenvalue weighted by molar-refractivity contribution is 5.81. The summed E-state index contributed by atoms with van der Waals surface area (Å²) >= 11 is 0. The fraction of sp³-hybridized carbons (Fsp3) is 0.929. The van der Waals surface area contributed by atoms with Gasteiger partial charge in [0.25, 0.3) is 5.91 Å². The monoisotopic (exact) mass is 252 g/mol. The van der Waals surface area contributed by atoms with Crippen molar-refractivity contribution < 1.29 is 9.53 Å². The summed E-state index contributed by atoms with van der Waals surface area (Å²) in [6, 6.07) is 0. The van der Waals surface area contributed by atoms with Gasteiger partial charge in [-0.1, -0.05) is 0 Å². The van der Waals surface area contributed by atoms with Crippen molar-refractivity contribution in [2.24, 2.45) is 5.41 Å². The van der Waals surface area contributed by atoms with E-state index in [0.717, 1.165) is 52.0 Å². The first kappa shape index (κ1) is 12.4. The van der Waals surface area contributed by atoms with E-state index >= 15 is 0 Å². The fourth-order valence-corrected chi connectivity index (χ4v) is 3.56. The average molecular weight is 252 g/mol. The van der Waals surface area contributed by atoms with Crippen molar-refractivity contribution in [1.29, 1.82) is 0 Å². The summed E-state index contributed by atoms with van der Waals surface area (Å²) in [6.07, 6.45) is 6.68. The lowest BCUT2D eigenvalue weighted by Crippen LogP contribution is -2.48. The summed E-state index contributed by atoms with van der Waals surface area (Å²) in [4.78, 5) is 14.3. The van der Waals surface area contributed by atoms with Gasteiger partial charge in [-0.2, -0.15) is 0 Å². The molecule has 1 spiro atoms. The molecule has 4 nitrogen and oxygen atoms in total. The molecule has 3 aliphatic heterocycles. The molecule has 3 rings (SSSR count). The second kappa shape index (κ2) is 5.17. The van der Waals surface area contributed by atoms with Gasteiger partial charge in [0.05, 0.1) is 6.61 Å². The highest BCUT2D eigenvalue weighted by Crippen LogP contribution is 2.39. The molecule has 3 aliphatic rings. The van der Waals surface area contributed by atoms with Gasteiger partial charge in [-0.05, 0) is 57.0 Å². The molecule has 1 amide bonds. The topological polar surface area (TPSA) is 41.6 Å². The number of hydrogen-bond donors (Lipinski definition) is 1. The number of piperidine rings is 1. The van der Waals surface area contributed by atoms with E-state index in [2.05, 4.69) is 5.32 Å². The number of hydrogen-bond acceptors (Lipinski definition) is 3. The number of rotatable bonds is 1. The molecule has 3 heterocycles. The van der Waals surface area contributed by atoms with Crippen molar-refractivity contribution >= 4 is 5.91 Å². The van der Waals surface area contributed by atoms with Gasteiger partial charge in [0.15, 0.2) is 0 Å². The van der Waals surface area contributed by atoms with Crippen LogP contribution in [0.2, 0.25) is 0 Å². The van der Waals surface area contributed by atoms with Crippen molar-refractivity contribution in [3.05, 3.63) is 0 Å². The molecule has 0 saturated carbocycles. The van der Waals surface area contributed by atoms with Crippen LogP contribution in [0.25, 0.3) is 0 Å². The smallest absolute Gasteiger partial charge is 0.251 e. The highest BCUT2D eigenvalue weighted by Gasteiger charge is 2.40. The van der Waals surface area contributed by atoms with Gasteiger partial charge in [0.1, 0.15) is 6.10 Å². The maximum absolute atomic E-state index is 12.3. The molecule has 0 unspecified atom stereocenters. The van der Waals surface area contributed by atoms with E-state index in [1.165, 1.54) is 19.3 Å². The molecule has 18 heavy (non-hydrogen) atoms. The quantitative estimate of drug-likeness (QED) is 0.761. The lowest BCUT2D eigenvalue weighted by Gasteiger charge is -2.43. The van der Waals surface area contributed by atoms with Crippen molar-refractivity contribution in [3.8, 4) is 0 Å². The normalized spacial score (nSPS) is 31.8. The van der Waals surface area contributed by atoms with Crippen molar-refractivity contribution in [3.63, 3.8) is 0 Å².